The van der Waals surface area contributed by atoms with E-state index < -0.39 is 0 Å². The predicted octanol–water partition coefficient (Wildman–Crippen LogP) is 1.35. The van der Waals surface area contributed by atoms with Crippen molar-refractivity contribution in [2.45, 2.75) is 38.3 Å². The summed E-state index contributed by atoms with van der Waals surface area (Å²) in [5, 5.41) is 22.3. The van der Waals surface area contributed by atoms with Gasteiger partial charge in [0.05, 0.1) is 30.3 Å². The number of aromatic amines is 1. The van der Waals surface area contributed by atoms with E-state index in [0.717, 1.165) is 29.9 Å². The molecule has 0 radical (unpaired) electrons. The number of H-pyrrole nitrogens is 1. The quantitative estimate of drug-likeness (QED) is 0.468. The van der Waals surface area contributed by atoms with Crippen LogP contribution in [0.3, 0.4) is 0 Å². The first kappa shape index (κ1) is 19.5. The van der Waals surface area contributed by atoms with Crippen molar-refractivity contribution in [2.24, 2.45) is 0 Å². The normalized spacial score (nSPS) is 15.3. The molecule has 33 heavy (non-hydrogen) atoms. The minimum absolute atomic E-state index is 0.0159. The van der Waals surface area contributed by atoms with Crippen molar-refractivity contribution in [1.82, 2.24) is 40.5 Å². The Balaban J connectivity index is 1.07. The van der Waals surface area contributed by atoms with E-state index in [-0.39, 0.29) is 24.1 Å². The number of anilines is 1. The summed E-state index contributed by atoms with van der Waals surface area (Å²) < 4.78 is 5.65. The van der Waals surface area contributed by atoms with Gasteiger partial charge < -0.3 is 14.6 Å². The number of benzene rings is 1. The predicted molar refractivity (Wildman–Crippen MR) is 116 cm³/mol. The van der Waals surface area contributed by atoms with Gasteiger partial charge in [-0.05, 0) is 24.0 Å². The molecule has 6 rings (SSSR count). The molecule has 0 fully saturated rings. The van der Waals surface area contributed by atoms with Crippen molar-refractivity contribution in [1.29, 1.82) is 0 Å². The molecule has 11 heteroatoms. The lowest BCUT2D eigenvalue weighted by molar-refractivity contribution is -0.131. The van der Waals surface area contributed by atoms with E-state index in [1.165, 1.54) is 11.1 Å². The molecule has 0 saturated carbocycles. The summed E-state index contributed by atoms with van der Waals surface area (Å²) in [6, 6.07) is 8.81. The Kier molecular flexibility index (Phi) is 4.78. The minimum atomic E-state index is -0.100. The van der Waals surface area contributed by atoms with E-state index in [1.54, 1.807) is 17.3 Å². The SMILES string of the molecule is O=C(Cc1nnc(-c2ncc(NC3Cc4ccccc4C3)cn2)o1)N1CCc2n[nH]nc2C1. The lowest BCUT2D eigenvalue weighted by Crippen LogP contribution is -2.37. The number of rotatable bonds is 5. The van der Waals surface area contributed by atoms with Gasteiger partial charge in [-0.15, -0.1) is 10.2 Å². The molecule has 1 aromatic carbocycles. The molecule has 0 saturated heterocycles. The van der Waals surface area contributed by atoms with Crippen LogP contribution in [0.1, 0.15) is 28.4 Å². The molecule has 1 aliphatic heterocycles. The second-order valence-corrected chi connectivity index (χ2v) is 8.27. The highest BCUT2D eigenvalue weighted by atomic mass is 16.4. The molecule has 166 valence electrons. The van der Waals surface area contributed by atoms with Crippen LogP contribution in [0.15, 0.2) is 41.1 Å². The zero-order valence-corrected chi connectivity index (χ0v) is 17.7. The zero-order chi connectivity index (χ0) is 22.2. The first-order valence-corrected chi connectivity index (χ1v) is 10.9. The molecular weight excluding hydrogens is 422 g/mol. The van der Waals surface area contributed by atoms with Gasteiger partial charge in [0.15, 0.2) is 0 Å². The van der Waals surface area contributed by atoms with Crippen LogP contribution in [0.2, 0.25) is 0 Å². The number of nitrogens with one attached hydrogen (secondary N) is 2. The molecule has 2 N–H and O–H groups in total. The highest BCUT2D eigenvalue weighted by molar-refractivity contribution is 5.78. The number of amides is 1. The average molecular weight is 443 g/mol. The maximum atomic E-state index is 12.6. The number of aromatic nitrogens is 7. The van der Waals surface area contributed by atoms with Gasteiger partial charge in [-0.1, -0.05) is 24.3 Å². The molecule has 11 nitrogen and oxygen atoms in total. The van der Waals surface area contributed by atoms with Crippen molar-refractivity contribution < 1.29 is 9.21 Å². The van der Waals surface area contributed by atoms with Gasteiger partial charge >= 0.3 is 0 Å². The monoisotopic (exact) mass is 443 g/mol. The van der Waals surface area contributed by atoms with Gasteiger partial charge in [0.1, 0.15) is 12.1 Å². The Hall–Kier alpha value is -4.15. The fourth-order valence-electron chi connectivity index (χ4n) is 4.38. The van der Waals surface area contributed by atoms with E-state index >= 15 is 0 Å². The Morgan fingerprint density at radius 2 is 1.85 bits per heavy atom. The fourth-order valence-corrected chi connectivity index (χ4v) is 4.38. The topological polar surface area (TPSA) is 139 Å². The van der Waals surface area contributed by atoms with Gasteiger partial charge in [-0.3, -0.25) is 4.79 Å². The van der Waals surface area contributed by atoms with Crippen LogP contribution in [-0.2, 0) is 37.0 Å². The van der Waals surface area contributed by atoms with Crippen molar-refractivity contribution in [3.05, 3.63) is 65.1 Å². The number of carbonyl (C=O) groups excluding carboxylic acids is 1. The molecule has 0 bridgehead atoms. The second kappa shape index (κ2) is 8.08. The molecule has 3 aromatic heterocycles. The Bertz CT molecular complexity index is 1270. The number of nitrogens with zero attached hydrogens (tertiary/aromatic N) is 7. The summed E-state index contributed by atoms with van der Waals surface area (Å²) in [4.78, 5) is 23.1. The minimum Gasteiger partial charge on any atom is -0.418 e. The van der Waals surface area contributed by atoms with Crippen LogP contribution in [-0.4, -0.2) is 59.0 Å². The van der Waals surface area contributed by atoms with Gasteiger partial charge in [0.2, 0.25) is 17.6 Å². The molecular formula is C22H21N9O2. The smallest absolute Gasteiger partial charge is 0.285 e. The van der Waals surface area contributed by atoms with Crippen molar-refractivity contribution in [3.8, 4) is 11.7 Å². The molecule has 2 aliphatic rings. The second-order valence-electron chi connectivity index (χ2n) is 8.27. The maximum absolute atomic E-state index is 12.6. The number of fused-ring (bicyclic) bond motifs is 2. The van der Waals surface area contributed by atoms with E-state index in [2.05, 4.69) is 65.2 Å². The number of carbonyl (C=O) groups is 1. The summed E-state index contributed by atoms with van der Waals surface area (Å²) in [7, 11) is 0. The Labute approximate surface area is 188 Å². The molecule has 4 aromatic rings. The molecule has 0 unspecified atom stereocenters. The third-order valence-electron chi connectivity index (χ3n) is 6.05. The maximum Gasteiger partial charge on any atom is 0.285 e. The molecule has 0 spiro atoms. The lowest BCUT2D eigenvalue weighted by atomic mass is 10.1. The van der Waals surface area contributed by atoms with E-state index in [4.69, 9.17) is 4.42 Å². The van der Waals surface area contributed by atoms with Crippen LogP contribution in [0.4, 0.5) is 5.69 Å². The lowest BCUT2D eigenvalue weighted by Gasteiger charge is -2.24. The van der Waals surface area contributed by atoms with Gasteiger partial charge in [-0.2, -0.15) is 15.4 Å². The highest BCUT2D eigenvalue weighted by Crippen LogP contribution is 2.24. The van der Waals surface area contributed by atoms with Crippen molar-refractivity contribution >= 4 is 11.6 Å². The summed E-state index contributed by atoms with van der Waals surface area (Å²) in [5.41, 5.74) is 5.30. The molecule has 0 atom stereocenters. The van der Waals surface area contributed by atoms with Crippen LogP contribution in [0.5, 0.6) is 0 Å². The molecule has 4 heterocycles. The fraction of sp³-hybridized carbons (Fsp3) is 0.318. The van der Waals surface area contributed by atoms with Crippen LogP contribution < -0.4 is 5.32 Å². The van der Waals surface area contributed by atoms with E-state index in [0.29, 0.717) is 31.4 Å². The highest BCUT2D eigenvalue weighted by Gasteiger charge is 2.25. The first-order valence-electron chi connectivity index (χ1n) is 10.9. The van der Waals surface area contributed by atoms with Crippen molar-refractivity contribution in [2.75, 3.05) is 11.9 Å². The van der Waals surface area contributed by atoms with Gasteiger partial charge in [-0.25, -0.2) is 9.97 Å². The molecule has 1 aliphatic carbocycles. The van der Waals surface area contributed by atoms with Crippen LogP contribution in [0.25, 0.3) is 11.7 Å². The summed E-state index contributed by atoms with van der Waals surface area (Å²) in [5.74, 6) is 0.647. The Morgan fingerprint density at radius 1 is 1.09 bits per heavy atom. The zero-order valence-electron chi connectivity index (χ0n) is 17.7. The first-order chi connectivity index (χ1) is 16.2. The van der Waals surface area contributed by atoms with Crippen LogP contribution in [0, 0.1) is 0 Å². The summed E-state index contributed by atoms with van der Waals surface area (Å²) in [6.45, 7) is 1.01. The summed E-state index contributed by atoms with van der Waals surface area (Å²) in [6.07, 6.45) is 6.07. The molecule has 1 amide bonds. The average Bonchev–Trinajstić information content (AvgIpc) is 3.58. The standard InChI is InChI=1S/C22H21N9O2/c32-20(31-6-5-17-18(12-31)27-30-26-17)9-19-28-29-22(33-19)21-23-10-16(11-24-21)25-15-7-13-3-1-2-4-14(13)8-15/h1-4,10-11,15,25H,5-9,12H2,(H,26,27,30). The van der Waals surface area contributed by atoms with Crippen molar-refractivity contribution in [3.63, 3.8) is 0 Å². The Morgan fingerprint density at radius 3 is 2.64 bits per heavy atom. The third-order valence-corrected chi connectivity index (χ3v) is 6.05. The third kappa shape index (κ3) is 3.93. The van der Waals surface area contributed by atoms with Gasteiger partial charge in [0.25, 0.3) is 5.89 Å². The van der Waals surface area contributed by atoms with E-state index in [1.807, 2.05) is 0 Å². The number of hydrogen-bond acceptors (Lipinski definition) is 9. The van der Waals surface area contributed by atoms with E-state index in [9.17, 15) is 4.79 Å². The van der Waals surface area contributed by atoms with Crippen LogP contribution >= 0.6 is 0 Å². The summed E-state index contributed by atoms with van der Waals surface area (Å²) >= 11 is 0. The van der Waals surface area contributed by atoms with Gasteiger partial charge in [0, 0.05) is 19.0 Å². The largest absolute Gasteiger partial charge is 0.418 e. The number of hydrogen-bond donors (Lipinski definition) is 2.